The molecule has 0 aliphatic carbocycles. The van der Waals surface area contributed by atoms with Crippen molar-refractivity contribution in [3.63, 3.8) is 0 Å². The topological polar surface area (TPSA) is 82.1 Å². The number of benzene rings is 1. The minimum absolute atomic E-state index is 0.0414. The van der Waals surface area contributed by atoms with Gasteiger partial charge in [-0.2, -0.15) is 0 Å². The number of carbonyl (C=O) groups is 2. The molecule has 2 rings (SSSR count). The number of hydrogen-bond acceptors (Lipinski definition) is 6. The van der Waals surface area contributed by atoms with Crippen LogP contribution in [-0.4, -0.2) is 42.5 Å². The lowest BCUT2D eigenvalue weighted by Crippen LogP contribution is -2.30. The second-order valence-corrected chi connectivity index (χ2v) is 7.56. The van der Waals surface area contributed by atoms with E-state index in [2.05, 4.69) is 0 Å². The van der Waals surface area contributed by atoms with E-state index < -0.39 is 23.6 Å². The number of carbonyl (C=O) groups excluding carboxylic acids is 2. The third-order valence-corrected chi connectivity index (χ3v) is 4.54. The van der Waals surface area contributed by atoms with Crippen molar-refractivity contribution < 1.29 is 28.9 Å². The maximum Gasteiger partial charge on any atom is 0.308 e. The van der Waals surface area contributed by atoms with Gasteiger partial charge < -0.3 is 19.3 Å². The number of aliphatic hydroxyl groups excluding tert-OH is 1. The van der Waals surface area contributed by atoms with Gasteiger partial charge in [0.05, 0.1) is 12.5 Å². The molecule has 1 N–H and O–H groups in total. The Hall–Kier alpha value is -1.92. The molecule has 1 aliphatic heterocycles. The largest absolute Gasteiger partial charge is 0.463 e. The summed E-state index contributed by atoms with van der Waals surface area (Å²) < 4.78 is 16.0. The van der Waals surface area contributed by atoms with Crippen molar-refractivity contribution in [3.05, 3.63) is 28.8 Å². The third kappa shape index (κ3) is 5.05. The molecule has 0 aromatic heterocycles. The Morgan fingerprint density at radius 2 is 2.00 bits per heavy atom. The molecule has 0 saturated carbocycles. The molecule has 0 spiro atoms. The van der Waals surface area contributed by atoms with Gasteiger partial charge in [-0.05, 0) is 37.5 Å². The first-order valence-corrected chi connectivity index (χ1v) is 8.85. The quantitative estimate of drug-likeness (QED) is 0.617. The van der Waals surface area contributed by atoms with Crippen LogP contribution < -0.4 is 4.74 Å². The normalized spacial score (nSPS) is 20.1. The summed E-state index contributed by atoms with van der Waals surface area (Å²) in [6.07, 6.45) is -0.374. The number of ether oxygens (including phenoxy) is 3. The molecular formula is C20H28O6. The zero-order valence-corrected chi connectivity index (χ0v) is 16.1. The van der Waals surface area contributed by atoms with Crippen molar-refractivity contribution in [2.24, 2.45) is 0 Å². The van der Waals surface area contributed by atoms with Crippen LogP contribution in [0.4, 0.5) is 0 Å². The van der Waals surface area contributed by atoms with Gasteiger partial charge in [-0.1, -0.05) is 19.9 Å². The van der Waals surface area contributed by atoms with Crippen molar-refractivity contribution in [1.29, 1.82) is 0 Å². The summed E-state index contributed by atoms with van der Waals surface area (Å²) in [7, 11) is 0. The van der Waals surface area contributed by atoms with E-state index in [4.69, 9.17) is 14.2 Å². The fourth-order valence-corrected chi connectivity index (χ4v) is 3.50. The molecule has 6 heteroatoms. The third-order valence-electron chi connectivity index (χ3n) is 4.54. The molecule has 0 radical (unpaired) electrons. The van der Waals surface area contributed by atoms with Gasteiger partial charge >= 0.3 is 11.9 Å². The van der Waals surface area contributed by atoms with Crippen LogP contribution in [-0.2, 0) is 24.5 Å². The molecule has 1 heterocycles. The summed E-state index contributed by atoms with van der Waals surface area (Å²) in [4.78, 5) is 23.8. The summed E-state index contributed by atoms with van der Waals surface area (Å²) in [6, 6.07) is 3.80. The molecule has 0 amide bonds. The van der Waals surface area contributed by atoms with Gasteiger partial charge in [0.15, 0.2) is 0 Å². The predicted octanol–water partition coefficient (Wildman–Crippen LogP) is 2.59. The molecule has 6 nitrogen and oxygen atoms in total. The summed E-state index contributed by atoms with van der Waals surface area (Å²) in [6.45, 7) is 9.57. The first kappa shape index (κ1) is 20.4. The van der Waals surface area contributed by atoms with E-state index in [0.717, 1.165) is 16.7 Å². The lowest BCUT2D eigenvalue weighted by molar-refractivity contribution is -0.149. The first-order chi connectivity index (χ1) is 12.1. The van der Waals surface area contributed by atoms with Gasteiger partial charge in [0.25, 0.3) is 0 Å². The average Bonchev–Trinajstić information content (AvgIpc) is 2.88. The molecule has 1 fully saturated rings. The molecular weight excluding hydrogens is 336 g/mol. The second kappa shape index (κ2) is 8.18. The fraction of sp³-hybridized carbons (Fsp3) is 0.600. The number of rotatable bonds is 6. The lowest BCUT2D eigenvalue weighted by Gasteiger charge is -2.28. The van der Waals surface area contributed by atoms with Crippen LogP contribution in [0.15, 0.2) is 12.1 Å². The van der Waals surface area contributed by atoms with Crippen LogP contribution >= 0.6 is 0 Å². The van der Waals surface area contributed by atoms with E-state index in [9.17, 15) is 14.7 Å². The Bertz CT molecular complexity index is 679. The SMILES string of the molecule is CC(=O)Oc1cc(C)cc(C)c1C(C)(C)CC(=O)OCC1OCCC1O. The molecule has 2 atom stereocenters. The smallest absolute Gasteiger partial charge is 0.308 e. The van der Waals surface area contributed by atoms with E-state index in [0.29, 0.717) is 18.8 Å². The Kier molecular flexibility index (Phi) is 6.42. The van der Waals surface area contributed by atoms with Crippen LogP contribution in [0, 0.1) is 13.8 Å². The maximum atomic E-state index is 12.3. The van der Waals surface area contributed by atoms with Crippen molar-refractivity contribution in [1.82, 2.24) is 0 Å². The van der Waals surface area contributed by atoms with E-state index in [1.807, 2.05) is 33.8 Å². The molecule has 1 saturated heterocycles. The van der Waals surface area contributed by atoms with Crippen LogP contribution in [0.1, 0.15) is 50.3 Å². The highest BCUT2D eigenvalue weighted by atomic mass is 16.6. The monoisotopic (exact) mass is 364 g/mol. The fourth-order valence-electron chi connectivity index (χ4n) is 3.50. The van der Waals surface area contributed by atoms with Crippen molar-refractivity contribution in [2.75, 3.05) is 13.2 Å². The highest BCUT2D eigenvalue weighted by Gasteiger charge is 2.32. The van der Waals surface area contributed by atoms with Crippen LogP contribution in [0.25, 0.3) is 0 Å². The van der Waals surface area contributed by atoms with Crippen molar-refractivity contribution in [3.8, 4) is 5.75 Å². The predicted molar refractivity (Wildman–Crippen MR) is 96.2 cm³/mol. The average molecular weight is 364 g/mol. The van der Waals surface area contributed by atoms with E-state index >= 15 is 0 Å². The molecule has 1 aliphatic rings. The standard InChI is InChI=1S/C20H28O6/c1-12-8-13(2)19(16(9-12)26-14(3)21)20(4,5)10-18(23)25-11-17-15(22)6-7-24-17/h8-9,15,17,22H,6-7,10-11H2,1-5H3. The van der Waals surface area contributed by atoms with E-state index in [1.165, 1.54) is 6.92 Å². The summed E-state index contributed by atoms with van der Waals surface area (Å²) in [5, 5.41) is 9.73. The summed E-state index contributed by atoms with van der Waals surface area (Å²) in [5.41, 5.74) is 2.16. The van der Waals surface area contributed by atoms with E-state index in [-0.39, 0.29) is 19.0 Å². The minimum Gasteiger partial charge on any atom is -0.463 e. The van der Waals surface area contributed by atoms with Crippen molar-refractivity contribution in [2.45, 2.75) is 65.1 Å². The number of hydrogen-bond donors (Lipinski definition) is 1. The van der Waals surface area contributed by atoms with Crippen LogP contribution in [0.3, 0.4) is 0 Å². The van der Waals surface area contributed by atoms with Crippen LogP contribution in [0.2, 0.25) is 0 Å². The molecule has 0 bridgehead atoms. The molecule has 1 aromatic carbocycles. The molecule has 144 valence electrons. The summed E-state index contributed by atoms with van der Waals surface area (Å²) >= 11 is 0. The van der Waals surface area contributed by atoms with Crippen LogP contribution in [0.5, 0.6) is 5.75 Å². The van der Waals surface area contributed by atoms with Gasteiger partial charge in [0, 0.05) is 24.5 Å². The van der Waals surface area contributed by atoms with Gasteiger partial charge in [0.2, 0.25) is 0 Å². The Balaban J connectivity index is 2.13. The molecule has 26 heavy (non-hydrogen) atoms. The van der Waals surface area contributed by atoms with Gasteiger partial charge in [-0.3, -0.25) is 9.59 Å². The Morgan fingerprint density at radius 3 is 2.58 bits per heavy atom. The lowest BCUT2D eigenvalue weighted by atomic mass is 9.78. The van der Waals surface area contributed by atoms with Crippen molar-refractivity contribution >= 4 is 11.9 Å². The van der Waals surface area contributed by atoms with Gasteiger partial charge in [-0.25, -0.2) is 0 Å². The second-order valence-electron chi connectivity index (χ2n) is 7.56. The summed E-state index contributed by atoms with van der Waals surface area (Å²) in [5.74, 6) is -0.309. The van der Waals surface area contributed by atoms with Gasteiger partial charge in [0.1, 0.15) is 18.5 Å². The Labute approximate surface area is 154 Å². The molecule has 2 unspecified atom stereocenters. The zero-order valence-electron chi connectivity index (χ0n) is 16.1. The maximum absolute atomic E-state index is 12.3. The number of aryl methyl sites for hydroxylation is 2. The highest BCUT2D eigenvalue weighted by molar-refractivity contribution is 5.73. The first-order valence-electron chi connectivity index (χ1n) is 8.85. The zero-order chi connectivity index (χ0) is 19.5. The number of aliphatic hydroxyl groups is 1. The van der Waals surface area contributed by atoms with E-state index in [1.54, 1.807) is 6.07 Å². The minimum atomic E-state index is -0.592. The molecule has 1 aromatic rings. The van der Waals surface area contributed by atoms with Gasteiger partial charge in [-0.15, -0.1) is 0 Å². The number of esters is 2. The Morgan fingerprint density at radius 1 is 1.31 bits per heavy atom. The highest BCUT2D eigenvalue weighted by Crippen LogP contribution is 2.38.